The molecule has 2 rings (SSSR count). The second-order valence-corrected chi connectivity index (χ2v) is 6.57. The summed E-state index contributed by atoms with van der Waals surface area (Å²) < 4.78 is 1.85. The van der Waals surface area contributed by atoms with Gasteiger partial charge in [0, 0.05) is 43.1 Å². The summed E-state index contributed by atoms with van der Waals surface area (Å²) in [6, 6.07) is 5.87. The van der Waals surface area contributed by atoms with Crippen LogP contribution in [0.4, 0.5) is 0 Å². The van der Waals surface area contributed by atoms with Crippen LogP contribution in [0.15, 0.2) is 36.7 Å². The topological polar surface area (TPSA) is 50.2 Å². The highest BCUT2D eigenvalue weighted by Gasteiger charge is 2.19. The number of nitrogens with zero attached hydrogens (tertiary/aromatic N) is 3. The molecular weight excluding hydrogens is 276 g/mol. The molecule has 0 aromatic carbocycles. The average Bonchev–Trinajstić information content (AvgIpc) is 2.85. The van der Waals surface area contributed by atoms with E-state index in [9.17, 15) is 4.79 Å². The molecule has 0 atom stereocenters. The van der Waals surface area contributed by atoms with E-state index in [1.54, 1.807) is 18.5 Å². The van der Waals surface area contributed by atoms with Crippen LogP contribution in [0, 0.1) is 5.41 Å². The first-order valence-electron chi connectivity index (χ1n) is 7.40. The summed E-state index contributed by atoms with van der Waals surface area (Å²) in [5, 5.41) is 4.01. The summed E-state index contributed by atoms with van der Waals surface area (Å²) in [5.41, 5.74) is 0.883. The fourth-order valence-electron chi connectivity index (χ4n) is 2.55. The van der Waals surface area contributed by atoms with Crippen molar-refractivity contribution in [1.82, 2.24) is 19.8 Å². The van der Waals surface area contributed by atoms with Gasteiger partial charge in [-0.25, -0.2) is 4.98 Å². The molecule has 0 aliphatic heterocycles. The summed E-state index contributed by atoms with van der Waals surface area (Å²) in [4.78, 5) is 18.4. The maximum Gasteiger partial charge on any atom is 0.245 e. The maximum absolute atomic E-state index is 12.0. The van der Waals surface area contributed by atoms with Gasteiger partial charge in [-0.2, -0.15) is 0 Å². The number of pyridine rings is 1. The molecule has 2 aromatic heterocycles. The van der Waals surface area contributed by atoms with Gasteiger partial charge >= 0.3 is 0 Å². The van der Waals surface area contributed by atoms with Crippen molar-refractivity contribution in [3.8, 4) is 0 Å². The van der Waals surface area contributed by atoms with E-state index in [0.717, 1.165) is 17.6 Å². The van der Waals surface area contributed by atoms with Gasteiger partial charge in [0.1, 0.15) is 5.65 Å². The number of fused-ring (bicyclic) bond motifs is 1. The minimum Gasteiger partial charge on any atom is -0.352 e. The van der Waals surface area contributed by atoms with Gasteiger partial charge in [0.15, 0.2) is 0 Å². The first kappa shape index (κ1) is 16.2. The lowest BCUT2D eigenvalue weighted by Crippen LogP contribution is -2.39. The second-order valence-electron chi connectivity index (χ2n) is 6.57. The minimum absolute atomic E-state index is 0.0364. The Morgan fingerprint density at radius 2 is 2.18 bits per heavy atom. The van der Waals surface area contributed by atoms with Crippen molar-refractivity contribution in [2.75, 3.05) is 27.2 Å². The van der Waals surface area contributed by atoms with Gasteiger partial charge in [-0.3, -0.25) is 4.79 Å². The molecule has 0 saturated heterocycles. The molecule has 1 N–H and O–H groups in total. The normalized spacial score (nSPS) is 12.4. The number of nitrogens with one attached hydrogen (secondary N) is 1. The molecule has 0 bridgehead atoms. The van der Waals surface area contributed by atoms with Crippen LogP contribution in [0.2, 0.25) is 0 Å². The molecule has 2 aromatic rings. The van der Waals surface area contributed by atoms with E-state index in [1.165, 1.54) is 0 Å². The molecule has 0 unspecified atom stereocenters. The lowest BCUT2D eigenvalue weighted by Gasteiger charge is -2.28. The number of amides is 1. The first-order valence-corrected chi connectivity index (χ1v) is 7.40. The van der Waals surface area contributed by atoms with Crippen LogP contribution in [0.1, 0.15) is 13.8 Å². The maximum atomic E-state index is 12.0. The fraction of sp³-hybridized carbons (Fsp3) is 0.412. The molecule has 0 saturated carbocycles. The molecule has 1 amide bonds. The van der Waals surface area contributed by atoms with Crippen LogP contribution >= 0.6 is 0 Å². The zero-order chi connectivity index (χ0) is 16.2. The van der Waals surface area contributed by atoms with Crippen LogP contribution < -0.4 is 5.32 Å². The van der Waals surface area contributed by atoms with E-state index in [4.69, 9.17) is 0 Å². The van der Waals surface area contributed by atoms with Crippen LogP contribution in [-0.2, 0) is 4.79 Å². The molecule has 22 heavy (non-hydrogen) atoms. The van der Waals surface area contributed by atoms with Crippen molar-refractivity contribution in [3.63, 3.8) is 0 Å². The van der Waals surface area contributed by atoms with Crippen LogP contribution in [0.25, 0.3) is 17.2 Å². The van der Waals surface area contributed by atoms with Crippen LogP contribution in [0.3, 0.4) is 0 Å². The highest BCUT2D eigenvalue weighted by Crippen LogP contribution is 2.14. The molecular formula is C17H24N4O. The van der Waals surface area contributed by atoms with Crippen molar-refractivity contribution in [3.05, 3.63) is 36.7 Å². The van der Waals surface area contributed by atoms with Gasteiger partial charge in [-0.05, 0) is 37.7 Å². The molecule has 0 radical (unpaired) electrons. The predicted molar refractivity (Wildman–Crippen MR) is 90.4 cm³/mol. The van der Waals surface area contributed by atoms with Gasteiger partial charge in [0.2, 0.25) is 5.91 Å². The highest BCUT2D eigenvalue weighted by atomic mass is 16.1. The average molecular weight is 300 g/mol. The van der Waals surface area contributed by atoms with Crippen molar-refractivity contribution < 1.29 is 4.79 Å². The molecule has 5 nitrogen and oxygen atoms in total. The smallest absolute Gasteiger partial charge is 0.245 e. The number of aromatic nitrogens is 2. The molecule has 0 aliphatic rings. The second kappa shape index (κ2) is 6.75. The Morgan fingerprint density at radius 1 is 1.41 bits per heavy atom. The van der Waals surface area contributed by atoms with E-state index in [1.807, 2.05) is 43.1 Å². The molecule has 118 valence electrons. The Labute approximate surface area is 131 Å². The third kappa shape index (κ3) is 4.43. The monoisotopic (exact) mass is 300 g/mol. The third-order valence-corrected chi connectivity index (χ3v) is 3.35. The van der Waals surface area contributed by atoms with Crippen molar-refractivity contribution >= 4 is 23.1 Å². The first-order chi connectivity index (χ1) is 10.4. The van der Waals surface area contributed by atoms with Gasteiger partial charge in [0.25, 0.3) is 0 Å². The summed E-state index contributed by atoms with van der Waals surface area (Å²) in [6.45, 7) is 5.84. The fourth-order valence-corrected chi connectivity index (χ4v) is 2.55. The van der Waals surface area contributed by atoms with Crippen LogP contribution in [-0.4, -0.2) is 47.5 Å². The number of hydrogen-bond donors (Lipinski definition) is 1. The lowest BCUT2D eigenvalue weighted by molar-refractivity contribution is -0.116. The van der Waals surface area contributed by atoms with Crippen LogP contribution in [0.5, 0.6) is 0 Å². The largest absolute Gasteiger partial charge is 0.352 e. The van der Waals surface area contributed by atoms with Gasteiger partial charge in [-0.15, -0.1) is 0 Å². The van der Waals surface area contributed by atoms with E-state index in [2.05, 4.69) is 29.0 Å². The molecule has 5 heteroatoms. The Kier molecular flexibility index (Phi) is 4.98. The summed E-state index contributed by atoms with van der Waals surface area (Å²) in [6.07, 6.45) is 6.93. The Morgan fingerprint density at radius 3 is 2.91 bits per heavy atom. The van der Waals surface area contributed by atoms with Gasteiger partial charge < -0.3 is 14.8 Å². The molecule has 2 heterocycles. The van der Waals surface area contributed by atoms with E-state index >= 15 is 0 Å². The van der Waals surface area contributed by atoms with E-state index in [-0.39, 0.29) is 11.3 Å². The Bertz CT molecular complexity index is 670. The molecule has 0 spiro atoms. The number of carbonyl (C=O) groups excluding carboxylic acids is 1. The van der Waals surface area contributed by atoms with E-state index < -0.39 is 0 Å². The zero-order valence-electron chi connectivity index (χ0n) is 13.7. The van der Waals surface area contributed by atoms with Gasteiger partial charge in [0.05, 0.1) is 0 Å². The van der Waals surface area contributed by atoms with E-state index in [0.29, 0.717) is 6.54 Å². The number of rotatable bonds is 6. The van der Waals surface area contributed by atoms with Crippen molar-refractivity contribution in [2.45, 2.75) is 13.8 Å². The third-order valence-electron chi connectivity index (χ3n) is 3.35. The Balaban J connectivity index is 1.94. The standard InChI is InChI=1S/C17H24N4O/c1-17(2,13-20(3)4)12-19-15(22)8-11-21-10-7-14-6-5-9-18-16(14)21/h5-11H,12-13H2,1-4H3,(H,19,22)/b11-8+. The summed E-state index contributed by atoms with van der Waals surface area (Å²) >= 11 is 0. The molecule has 0 aliphatic carbocycles. The minimum atomic E-state index is -0.0930. The summed E-state index contributed by atoms with van der Waals surface area (Å²) in [7, 11) is 4.07. The highest BCUT2D eigenvalue weighted by molar-refractivity contribution is 5.91. The SMILES string of the molecule is CN(C)CC(C)(C)CNC(=O)/C=C/n1ccc2cccnc21. The summed E-state index contributed by atoms with van der Waals surface area (Å²) in [5.74, 6) is -0.0930. The molecule has 0 fully saturated rings. The number of hydrogen-bond acceptors (Lipinski definition) is 3. The van der Waals surface area contributed by atoms with Crippen molar-refractivity contribution in [1.29, 1.82) is 0 Å². The quantitative estimate of drug-likeness (QED) is 0.832. The predicted octanol–water partition coefficient (Wildman–Crippen LogP) is 2.21. The Hall–Kier alpha value is -2.14. The lowest BCUT2D eigenvalue weighted by atomic mass is 9.93. The number of carbonyl (C=O) groups is 1. The van der Waals surface area contributed by atoms with Gasteiger partial charge in [-0.1, -0.05) is 13.8 Å². The zero-order valence-corrected chi connectivity index (χ0v) is 13.7. The van der Waals surface area contributed by atoms with Crippen molar-refractivity contribution in [2.24, 2.45) is 5.41 Å².